The summed E-state index contributed by atoms with van der Waals surface area (Å²) in [6, 6.07) is 45.8. The summed E-state index contributed by atoms with van der Waals surface area (Å²) >= 11 is 0. The predicted molar refractivity (Wildman–Crippen MR) is 263 cm³/mol. The zero-order valence-corrected chi connectivity index (χ0v) is 38.2. The van der Waals surface area contributed by atoms with Crippen molar-refractivity contribution in [2.75, 3.05) is 0 Å². The van der Waals surface area contributed by atoms with E-state index in [2.05, 4.69) is 80.2 Å². The third-order valence-corrected chi connectivity index (χ3v) is 11.4. The van der Waals surface area contributed by atoms with E-state index in [1.165, 1.54) is 0 Å². The van der Waals surface area contributed by atoms with Crippen LogP contribution in [0.4, 0.5) is 0 Å². The van der Waals surface area contributed by atoms with Crippen molar-refractivity contribution >= 4 is 21.8 Å². The van der Waals surface area contributed by atoms with E-state index in [0.717, 1.165) is 44.3 Å². The molecule has 0 spiro atoms. The number of imidazole rings is 1. The minimum atomic E-state index is -0.578. The molecule has 11 aromatic rings. The van der Waals surface area contributed by atoms with Gasteiger partial charge >= 0.3 is 0 Å². The molecule has 322 valence electrons. The van der Waals surface area contributed by atoms with Crippen molar-refractivity contribution in [3.05, 3.63) is 236 Å². The molecular weight excluding hydrogens is 988 g/mol. The first-order valence-electron chi connectivity index (χ1n) is 26.1. The summed E-state index contributed by atoms with van der Waals surface area (Å²) < 4.78 is 99.6. The molecule has 3 aromatic heterocycles. The molecule has 0 aliphatic heterocycles. The standard InChI is InChI=1S/C60H44N4O.Pt/c1-60(2,3)47-34-35-61-58(37-47)64-55-33-30-46(42-18-8-4-9-19-42)36-54(55)53-32-31-50(39-56(53)64)65-49-27-16-26-48(38-49)62-40-57(45-24-14-7-15-25-45)63(41-62)59-51(43-20-10-5-11-21-43)28-17-29-52(59)44-22-12-6-13-23-44;/h4-37,40H,1-3H3;/q-2;/i5D,6D,10D,11D,12D,13D,20D,21D,22D,23D;. The molecule has 6 heteroatoms. The zero-order chi connectivity index (χ0) is 52.6. The van der Waals surface area contributed by atoms with E-state index < -0.39 is 60.4 Å². The Kier molecular flexibility index (Phi) is 8.65. The molecule has 0 unspecified atom stereocenters. The van der Waals surface area contributed by atoms with Gasteiger partial charge < -0.3 is 13.9 Å². The van der Waals surface area contributed by atoms with Crippen LogP contribution >= 0.6 is 0 Å². The van der Waals surface area contributed by atoms with Crippen LogP contribution in [0.5, 0.6) is 11.5 Å². The van der Waals surface area contributed by atoms with Gasteiger partial charge in [0.05, 0.1) is 25.1 Å². The maximum Gasteiger partial charge on any atom is 0.267 e. The van der Waals surface area contributed by atoms with Gasteiger partial charge in [0, 0.05) is 50.5 Å². The van der Waals surface area contributed by atoms with Crippen LogP contribution in [0.1, 0.15) is 40.0 Å². The van der Waals surface area contributed by atoms with Gasteiger partial charge in [0.1, 0.15) is 5.82 Å². The number of para-hydroxylation sites is 1. The summed E-state index contributed by atoms with van der Waals surface area (Å²) in [6.45, 7) is 6.52. The number of benzene rings is 8. The maximum absolute atomic E-state index is 9.08. The molecule has 0 aliphatic rings. The van der Waals surface area contributed by atoms with Gasteiger partial charge in [-0.2, -0.15) is 18.2 Å². The zero-order valence-electron chi connectivity index (χ0n) is 45.9. The second-order valence-corrected chi connectivity index (χ2v) is 16.6. The van der Waals surface area contributed by atoms with E-state index in [4.69, 9.17) is 23.4 Å². The van der Waals surface area contributed by atoms with Gasteiger partial charge in [0.2, 0.25) is 0 Å². The number of ether oxygens (including phenoxy) is 1. The summed E-state index contributed by atoms with van der Waals surface area (Å²) in [6.07, 6.45) is 7.02. The van der Waals surface area contributed by atoms with Gasteiger partial charge in [-0.15, -0.1) is 29.7 Å². The number of fused-ring (bicyclic) bond motifs is 3. The Balaban J connectivity index is 0.00000657. The number of rotatable bonds is 9. The molecule has 0 bridgehead atoms. The molecule has 0 N–H and O–H groups in total. The van der Waals surface area contributed by atoms with Gasteiger partial charge in [-0.1, -0.05) is 178 Å². The molecule has 0 saturated carbocycles. The fourth-order valence-electron chi connectivity index (χ4n) is 8.23. The first-order valence-corrected chi connectivity index (χ1v) is 21.1. The number of nitrogens with zero attached hydrogens (tertiary/aromatic N) is 4. The summed E-state index contributed by atoms with van der Waals surface area (Å²) in [7, 11) is 0. The van der Waals surface area contributed by atoms with Crippen LogP contribution in [0.3, 0.4) is 0 Å². The molecule has 66 heavy (non-hydrogen) atoms. The molecule has 0 amide bonds. The third kappa shape index (κ3) is 8.08. The molecule has 11 rings (SSSR count). The fraction of sp³-hybridized carbons (Fsp3) is 0.0667. The van der Waals surface area contributed by atoms with Gasteiger partial charge in [-0.05, 0) is 79.2 Å². The first kappa shape index (κ1) is 32.1. The number of pyridine rings is 1. The Morgan fingerprint density at radius 1 is 0.591 bits per heavy atom. The molecule has 8 aromatic carbocycles. The summed E-state index contributed by atoms with van der Waals surface area (Å²) in [5.41, 5.74) is 6.66. The van der Waals surface area contributed by atoms with Crippen LogP contribution in [-0.4, -0.2) is 14.1 Å². The quantitative estimate of drug-likeness (QED) is 0.107. The van der Waals surface area contributed by atoms with E-state index in [1.807, 2.05) is 85.1 Å². The maximum atomic E-state index is 9.08. The minimum Gasteiger partial charge on any atom is -0.510 e. The molecule has 0 aliphatic carbocycles. The average Bonchev–Trinajstić information content (AvgIpc) is 4.07. The Hall–Kier alpha value is -7.59. The van der Waals surface area contributed by atoms with Gasteiger partial charge in [0.15, 0.2) is 0 Å². The van der Waals surface area contributed by atoms with Crippen molar-refractivity contribution < 1.29 is 44.1 Å². The van der Waals surface area contributed by atoms with Crippen molar-refractivity contribution in [3.8, 4) is 73.3 Å². The number of hydrogen-bond acceptors (Lipinski definition) is 2. The van der Waals surface area contributed by atoms with Crippen LogP contribution in [-0.2, 0) is 26.5 Å². The van der Waals surface area contributed by atoms with Gasteiger partial charge in [-0.25, -0.2) is 4.98 Å². The smallest absolute Gasteiger partial charge is 0.267 e. The summed E-state index contributed by atoms with van der Waals surface area (Å²) in [5.74, 6) is 1.51. The Labute approximate surface area is 414 Å². The third-order valence-electron chi connectivity index (χ3n) is 11.4. The minimum absolute atomic E-state index is 0. The average molecular weight is 1040 g/mol. The second-order valence-electron chi connectivity index (χ2n) is 16.6. The van der Waals surface area contributed by atoms with Crippen LogP contribution in [0.15, 0.2) is 212 Å². The molecule has 0 saturated heterocycles. The molecule has 5 nitrogen and oxygen atoms in total. The van der Waals surface area contributed by atoms with Crippen LogP contribution in [0.25, 0.3) is 83.6 Å². The molecule has 3 heterocycles. The van der Waals surface area contributed by atoms with Crippen LogP contribution in [0.2, 0.25) is 0 Å². The van der Waals surface area contributed by atoms with Crippen molar-refractivity contribution in [2.45, 2.75) is 26.2 Å². The molecule has 0 radical (unpaired) electrons. The van der Waals surface area contributed by atoms with Crippen LogP contribution < -0.4 is 9.30 Å². The van der Waals surface area contributed by atoms with Gasteiger partial charge in [-0.3, -0.25) is 4.57 Å². The Morgan fingerprint density at radius 3 is 1.92 bits per heavy atom. The van der Waals surface area contributed by atoms with Crippen molar-refractivity contribution in [1.29, 1.82) is 0 Å². The predicted octanol–water partition coefficient (Wildman–Crippen LogP) is 14.4. The molecular formula is C60H44N4OPt-2. The van der Waals surface area contributed by atoms with Crippen LogP contribution in [0, 0.1) is 18.5 Å². The number of aromatic nitrogens is 4. The Morgan fingerprint density at radius 2 is 1.24 bits per heavy atom. The Bertz CT molecular complexity index is 3950. The van der Waals surface area contributed by atoms with E-state index in [-0.39, 0.29) is 54.4 Å². The topological polar surface area (TPSA) is 35.9 Å². The largest absolute Gasteiger partial charge is 0.510 e. The van der Waals surface area contributed by atoms with Crippen molar-refractivity contribution in [2.24, 2.45) is 0 Å². The first-order chi connectivity index (χ1) is 36.0. The van der Waals surface area contributed by atoms with E-state index in [1.54, 1.807) is 39.6 Å². The summed E-state index contributed by atoms with van der Waals surface area (Å²) in [4.78, 5) is 4.87. The van der Waals surface area contributed by atoms with Gasteiger partial charge in [0.25, 0.3) is 6.33 Å². The van der Waals surface area contributed by atoms with E-state index in [9.17, 15) is 0 Å². The normalized spacial score (nSPS) is 13.6. The second kappa shape index (κ2) is 17.8. The number of hydrogen-bond donors (Lipinski definition) is 0. The summed E-state index contributed by atoms with van der Waals surface area (Å²) in [5, 5.41) is 1.99. The monoisotopic (exact) mass is 1040 g/mol. The SMILES string of the molecule is [2H]c1c([2H])c([2H])c(-c2cccc(-c3c([2H])c([2H])c([2H])c([2H])c3[2H])c2-[n+]2[c-]n(-c3[c-]c(Oc4[c-]c5c(cc4)c4cc(-c6ccccc6)ccc4n5-c4cc(C(C)(C)C)ccn4)ccc3)cc2-c2ccccc2)c([2H])c1[2H].[Pt]. The fourth-order valence-corrected chi connectivity index (χ4v) is 8.23. The molecule has 0 fully saturated rings. The van der Waals surface area contributed by atoms with E-state index >= 15 is 0 Å². The van der Waals surface area contributed by atoms with E-state index in [0.29, 0.717) is 28.4 Å². The van der Waals surface area contributed by atoms with Crippen molar-refractivity contribution in [1.82, 2.24) is 14.1 Å². The van der Waals surface area contributed by atoms with Crippen molar-refractivity contribution in [3.63, 3.8) is 0 Å². The molecule has 0 atom stereocenters.